The Morgan fingerprint density at radius 3 is 2.54 bits per heavy atom. The van der Waals surface area contributed by atoms with Gasteiger partial charge in [-0.1, -0.05) is 18.2 Å². The van der Waals surface area contributed by atoms with Gasteiger partial charge in [-0.2, -0.15) is 0 Å². The minimum atomic E-state index is -0.325. The highest BCUT2D eigenvalue weighted by molar-refractivity contribution is 6.27. The van der Waals surface area contributed by atoms with E-state index in [4.69, 9.17) is 11.6 Å². The fourth-order valence-electron chi connectivity index (χ4n) is 2.63. The molecule has 2 amide bonds. The third-order valence-electron chi connectivity index (χ3n) is 3.81. The van der Waals surface area contributed by atoms with Gasteiger partial charge in [-0.15, -0.1) is 16.7 Å². The quantitative estimate of drug-likeness (QED) is 0.860. The van der Waals surface area contributed by atoms with Crippen molar-refractivity contribution >= 4 is 35.1 Å². The number of carbonyl (C=O) groups is 3. The number of fused-ring (bicyclic) bond motifs is 1. The van der Waals surface area contributed by atoms with E-state index in [1.165, 1.54) is 16.5 Å². The molecule has 0 aliphatic carbocycles. The van der Waals surface area contributed by atoms with E-state index in [1.54, 1.807) is 24.3 Å². The maximum atomic E-state index is 12.3. The van der Waals surface area contributed by atoms with Crippen LogP contribution in [0.15, 0.2) is 30.3 Å². The number of aromatic nitrogens is 2. The van der Waals surface area contributed by atoms with Crippen LogP contribution in [-0.4, -0.2) is 38.3 Å². The molecule has 3 rings (SSSR count). The van der Waals surface area contributed by atoms with Gasteiger partial charge in [-0.3, -0.25) is 14.4 Å². The summed E-state index contributed by atoms with van der Waals surface area (Å²) in [6, 6.07) is 8.69. The maximum Gasteiger partial charge on any atom is 0.256 e. The SMILES string of the molecule is CC(=O)n1nc(NC(=O)c2ccccc2)c2c1CN(C(=O)CCl)C2. The first-order valence-corrected chi connectivity index (χ1v) is 7.86. The molecule has 0 spiro atoms. The summed E-state index contributed by atoms with van der Waals surface area (Å²) in [5, 5.41) is 6.90. The molecule has 0 unspecified atom stereocenters. The minimum absolute atomic E-state index is 0.135. The fraction of sp³-hybridized carbons (Fsp3) is 0.250. The molecule has 8 heteroatoms. The van der Waals surface area contributed by atoms with Crippen LogP contribution in [0.25, 0.3) is 0 Å². The van der Waals surface area contributed by atoms with Gasteiger partial charge in [0.2, 0.25) is 11.8 Å². The Kier molecular flexibility index (Phi) is 4.35. The number of hydrogen-bond donors (Lipinski definition) is 1. The van der Waals surface area contributed by atoms with Crippen molar-refractivity contribution < 1.29 is 14.4 Å². The fourth-order valence-corrected chi connectivity index (χ4v) is 2.80. The molecule has 1 aromatic heterocycles. The lowest BCUT2D eigenvalue weighted by Gasteiger charge is -2.14. The third kappa shape index (κ3) is 2.90. The number of nitrogens with zero attached hydrogens (tertiary/aromatic N) is 3. The average molecular weight is 347 g/mol. The number of amides is 2. The second-order valence-corrected chi connectivity index (χ2v) is 5.68. The maximum absolute atomic E-state index is 12.3. The molecule has 0 fully saturated rings. The molecule has 1 aliphatic rings. The first-order valence-electron chi connectivity index (χ1n) is 7.33. The monoisotopic (exact) mass is 346 g/mol. The van der Waals surface area contributed by atoms with E-state index >= 15 is 0 Å². The second-order valence-electron chi connectivity index (χ2n) is 5.41. The van der Waals surface area contributed by atoms with Crippen molar-refractivity contribution in [3.05, 3.63) is 47.2 Å². The van der Waals surface area contributed by atoms with Crippen molar-refractivity contribution in [3.8, 4) is 0 Å². The Morgan fingerprint density at radius 2 is 1.92 bits per heavy atom. The number of hydrogen-bond acceptors (Lipinski definition) is 4. The largest absolute Gasteiger partial charge is 0.331 e. The zero-order valence-electron chi connectivity index (χ0n) is 13.0. The Balaban J connectivity index is 1.90. The molecular formula is C16H15ClN4O3. The van der Waals surface area contributed by atoms with E-state index < -0.39 is 0 Å². The highest BCUT2D eigenvalue weighted by atomic mass is 35.5. The number of halogens is 1. The summed E-state index contributed by atoms with van der Waals surface area (Å²) in [6.07, 6.45) is 0. The topological polar surface area (TPSA) is 84.3 Å². The van der Waals surface area contributed by atoms with E-state index in [0.717, 1.165) is 0 Å². The summed E-state index contributed by atoms with van der Waals surface area (Å²) in [4.78, 5) is 37.4. The van der Waals surface area contributed by atoms with Gasteiger partial charge in [0, 0.05) is 18.1 Å². The van der Waals surface area contributed by atoms with E-state index in [1.807, 2.05) is 6.07 Å². The summed E-state index contributed by atoms with van der Waals surface area (Å²) >= 11 is 5.60. The van der Waals surface area contributed by atoms with Crippen LogP contribution in [0.4, 0.5) is 5.82 Å². The molecule has 2 heterocycles. The minimum Gasteiger partial charge on any atom is -0.331 e. The van der Waals surface area contributed by atoms with E-state index in [-0.39, 0.29) is 36.7 Å². The first-order chi connectivity index (χ1) is 11.5. The van der Waals surface area contributed by atoms with Gasteiger partial charge in [-0.25, -0.2) is 4.68 Å². The van der Waals surface area contributed by atoms with E-state index in [2.05, 4.69) is 10.4 Å². The zero-order valence-corrected chi connectivity index (χ0v) is 13.7. The molecule has 0 saturated carbocycles. The van der Waals surface area contributed by atoms with Crippen molar-refractivity contribution in [3.63, 3.8) is 0 Å². The summed E-state index contributed by atoms with van der Waals surface area (Å²) in [5.74, 6) is -0.689. The van der Waals surface area contributed by atoms with Crippen molar-refractivity contribution in [2.45, 2.75) is 20.0 Å². The second kappa shape index (κ2) is 6.45. The number of carbonyl (C=O) groups excluding carboxylic acids is 3. The van der Waals surface area contributed by atoms with E-state index in [9.17, 15) is 14.4 Å². The van der Waals surface area contributed by atoms with Gasteiger partial charge in [0.25, 0.3) is 5.91 Å². The molecule has 0 atom stereocenters. The average Bonchev–Trinajstić information content (AvgIpc) is 3.15. The number of benzene rings is 1. The molecule has 0 saturated heterocycles. The highest BCUT2D eigenvalue weighted by Crippen LogP contribution is 2.29. The Morgan fingerprint density at radius 1 is 1.21 bits per heavy atom. The van der Waals surface area contributed by atoms with Crippen LogP contribution in [-0.2, 0) is 17.9 Å². The number of alkyl halides is 1. The molecule has 7 nitrogen and oxygen atoms in total. The van der Waals surface area contributed by atoms with E-state index in [0.29, 0.717) is 22.6 Å². The van der Waals surface area contributed by atoms with Gasteiger partial charge in [0.1, 0.15) is 5.88 Å². The van der Waals surface area contributed by atoms with Gasteiger partial charge < -0.3 is 10.2 Å². The first kappa shape index (κ1) is 16.2. The van der Waals surface area contributed by atoms with Crippen LogP contribution < -0.4 is 5.32 Å². The Hall–Kier alpha value is -2.67. The predicted octanol–water partition coefficient (Wildman–Crippen LogP) is 1.88. The van der Waals surface area contributed by atoms with Crippen molar-refractivity contribution in [1.29, 1.82) is 0 Å². The zero-order chi connectivity index (χ0) is 17.3. The summed E-state index contributed by atoms with van der Waals surface area (Å²) in [5.41, 5.74) is 1.74. The summed E-state index contributed by atoms with van der Waals surface area (Å²) in [7, 11) is 0. The molecule has 1 aliphatic heterocycles. The van der Waals surface area contributed by atoms with Crippen LogP contribution in [0.3, 0.4) is 0 Å². The number of anilines is 1. The van der Waals surface area contributed by atoms with Crippen LogP contribution in [0.1, 0.15) is 33.3 Å². The van der Waals surface area contributed by atoms with Crippen LogP contribution >= 0.6 is 11.6 Å². The lowest BCUT2D eigenvalue weighted by molar-refractivity contribution is -0.129. The smallest absolute Gasteiger partial charge is 0.256 e. The van der Waals surface area contributed by atoms with Crippen molar-refractivity contribution in [2.24, 2.45) is 0 Å². The molecular weight excluding hydrogens is 332 g/mol. The molecule has 1 N–H and O–H groups in total. The highest BCUT2D eigenvalue weighted by Gasteiger charge is 2.32. The summed E-state index contributed by atoms with van der Waals surface area (Å²) < 4.78 is 1.22. The lowest BCUT2D eigenvalue weighted by atomic mass is 10.2. The molecule has 24 heavy (non-hydrogen) atoms. The van der Waals surface area contributed by atoms with Crippen LogP contribution in [0.5, 0.6) is 0 Å². The van der Waals surface area contributed by atoms with Gasteiger partial charge in [0.15, 0.2) is 5.82 Å². The van der Waals surface area contributed by atoms with Gasteiger partial charge >= 0.3 is 0 Å². The predicted molar refractivity (Wildman–Crippen MR) is 87.9 cm³/mol. The lowest BCUT2D eigenvalue weighted by Crippen LogP contribution is -2.28. The molecule has 124 valence electrons. The van der Waals surface area contributed by atoms with Crippen LogP contribution in [0, 0.1) is 0 Å². The Bertz CT molecular complexity index is 816. The molecule has 1 aromatic carbocycles. The van der Waals surface area contributed by atoms with Crippen LogP contribution in [0.2, 0.25) is 0 Å². The van der Waals surface area contributed by atoms with Gasteiger partial charge in [0.05, 0.1) is 18.8 Å². The van der Waals surface area contributed by atoms with Crippen molar-refractivity contribution in [2.75, 3.05) is 11.2 Å². The van der Waals surface area contributed by atoms with Gasteiger partial charge in [-0.05, 0) is 12.1 Å². The normalized spacial score (nSPS) is 12.8. The van der Waals surface area contributed by atoms with Crippen molar-refractivity contribution in [1.82, 2.24) is 14.7 Å². The third-order valence-corrected chi connectivity index (χ3v) is 4.04. The standard InChI is InChI=1S/C16H15ClN4O3/c1-10(22)21-13-9-20(14(23)7-17)8-12(13)15(19-21)18-16(24)11-5-3-2-4-6-11/h2-6H,7-9H2,1H3,(H,18,19,24). The molecule has 0 bridgehead atoms. The Labute approximate surface area is 143 Å². The molecule has 0 radical (unpaired) electrons. The number of rotatable bonds is 3. The summed E-state index contributed by atoms with van der Waals surface area (Å²) in [6.45, 7) is 1.88. The number of nitrogens with one attached hydrogen (secondary N) is 1. The molecule has 2 aromatic rings.